The van der Waals surface area contributed by atoms with Crippen molar-refractivity contribution in [3.63, 3.8) is 0 Å². The summed E-state index contributed by atoms with van der Waals surface area (Å²) in [6.45, 7) is 1.31. The molecule has 38 heavy (non-hydrogen) atoms. The predicted molar refractivity (Wildman–Crippen MR) is 144 cm³/mol. The highest BCUT2D eigenvalue weighted by Crippen LogP contribution is 2.55. The van der Waals surface area contributed by atoms with Crippen molar-refractivity contribution in [1.82, 2.24) is 4.90 Å². The minimum Gasteiger partial charge on any atom is -0.496 e. The second-order valence-corrected chi connectivity index (χ2v) is 12.1. The van der Waals surface area contributed by atoms with Gasteiger partial charge in [-0.05, 0) is 66.7 Å². The quantitative estimate of drug-likeness (QED) is 0.609. The number of piperidine rings is 1. The fourth-order valence-electron chi connectivity index (χ4n) is 8.43. The van der Waals surface area contributed by atoms with Crippen molar-refractivity contribution in [2.75, 3.05) is 26.7 Å². The van der Waals surface area contributed by atoms with Crippen LogP contribution in [0.25, 0.3) is 0 Å². The molecule has 1 spiro atoms. The molecule has 4 nitrogen and oxygen atoms in total. The average Bonchev–Trinajstić information content (AvgIpc) is 3.42. The van der Waals surface area contributed by atoms with Gasteiger partial charge in [-0.15, -0.1) is 0 Å². The summed E-state index contributed by atoms with van der Waals surface area (Å²) in [7, 11) is 1.60. The van der Waals surface area contributed by atoms with Gasteiger partial charge in [-0.25, -0.2) is 8.78 Å². The number of nitrogens with two attached hydrogens (primary N) is 1. The van der Waals surface area contributed by atoms with E-state index in [0.29, 0.717) is 36.2 Å². The lowest BCUT2D eigenvalue weighted by Gasteiger charge is -2.48. The van der Waals surface area contributed by atoms with E-state index in [2.05, 4.69) is 29.2 Å². The summed E-state index contributed by atoms with van der Waals surface area (Å²) in [6.07, 6.45) is 7.79. The van der Waals surface area contributed by atoms with Crippen LogP contribution in [0.2, 0.25) is 0 Å². The van der Waals surface area contributed by atoms with E-state index in [0.717, 1.165) is 31.2 Å². The number of alkyl halides is 2. The van der Waals surface area contributed by atoms with Crippen LogP contribution >= 0.6 is 0 Å². The molecule has 204 valence electrons. The van der Waals surface area contributed by atoms with Gasteiger partial charge in [0.15, 0.2) is 0 Å². The lowest BCUT2D eigenvalue weighted by molar-refractivity contribution is -0.641. The van der Waals surface area contributed by atoms with E-state index in [1.54, 1.807) is 7.11 Å². The molecule has 4 aliphatic rings. The summed E-state index contributed by atoms with van der Waals surface area (Å²) >= 11 is 0. The third-order valence-corrected chi connectivity index (χ3v) is 10.3. The monoisotopic (exact) mass is 523 g/mol. The van der Waals surface area contributed by atoms with Crippen LogP contribution in [0.3, 0.4) is 0 Å². The number of rotatable bonds is 4. The van der Waals surface area contributed by atoms with Gasteiger partial charge in [0.05, 0.1) is 20.2 Å². The van der Waals surface area contributed by atoms with Crippen LogP contribution in [0.15, 0.2) is 48.5 Å². The Morgan fingerprint density at radius 3 is 2.58 bits per heavy atom. The highest BCUT2D eigenvalue weighted by molar-refractivity contribution is 5.82. The molecule has 4 atom stereocenters. The second-order valence-electron chi connectivity index (χ2n) is 12.1. The smallest absolute Gasteiger partial charge is 0.264 e. The first-order valence-corrected chi connectivity index (χ1v) is 14.7. The number of likely N-dealkylation sites (tertiary alicyclic amines) is 1. The van der Waals surface area contributed by atoms with Crippen molar-refractivity contribution in [1.29, 1.82) is 0 Å². The molecule has 3 fully saturated rings. The number of ether oxygens (including phenoxy) is 1. The number of quaternary nitrogens is 1. The molecule has 0 unspecified atom stereocenters. The number of benzene rings is 2. The summed E-state index contributed by atoms with van der Waals surface area (Å²) in [5, 5.41) is 1.96. The number of methoxy groups -OCH3 is 1. The zero-order valence-electron chi connectivity index (χ0n) is 22.5. The Bertz CT molecular complexity index is 1150. The Hall–Kier alpha value is -2.47. The zero-order chi connectivity index (χ0) is 26.3. The topological polar surface area (TPSA) is 46.1 Å². The van der Waals surface area contributed by atoms with E-state index in [-0.39, 0.29) is 31.3 Å². The van der Waals surface area contributed by atoms with Gasteiger partial charge in [0, 0.05) is 19.0 Å². The van der Waals surface area contributed by atoms with Gasteiger partial charge in [0.2, 0.25) is 5.91 Å². The first-order chi connectivity index (χ1) is 18.5. The zero-order valence-corrected chi connectivity index (χ0v) is 22.5. The Morgan fingerprint density at radius 2 is 1.82 bits per heavy atom. The van der Waals surface area contributed by atoms with Crippen molar-refractivity contribution in [2.45, 2.75) is 81.1 Å². The Kier molecular flexibility index (Phi) is 6.96. The fourth-order valence-corrected chi connectivity index (χ4v) is 8.43. The van der Waals surface area contributed by atoms with E-state index >= 15 is 8.78 Å². The standard InChI is InChI=1S/C32H40F2N2O2/c1-38-29-14-8-13-26-25(29)15-17-32(33,34)31(26)21-35-20-27(31)30(37)36-18-16-24(22-9-4-2-5-10-22)19-28(36)23-11-6-3-7-12-23/h2,4-5,8-10,13-14,23-24,27-28,35H,3,6-7,11-12,15-21H2,1H3/p+1/t24-,27+,28+,31-/m1/s1. The van der Waals surface area contributed by atoms with Crippen molar-refractivity contribution in [2.24, 2.45) is 11.8 Å². The molecular weight excluding hydrogens is 482 g/mol. The summed E-state index contributed by atoms with van der Waals surface area (Å²) in [4.78, 5) is 16.6. The lowest BCUT2D eigenvalue weighted by atomic mass is 9.61. The first kappa shape index (κ1) is 25.8. The predicted octanol–water partition coefficient (Wildman–Crippen LogP) is 5.06. The molecule has 2 aliphatic heterocycles. The summed E-state index contributed by atoms with van der Waals surface area (Å²) in [5.41, 5.74) is 1.35. The van der Waals surface area contributed by atoms with Crippen LogP contribution < -0.4 is 10.1 Å². The fraction of sp³-hybridized carbons (Fsp3) is 0.594. The molecule has 2 aliphatic carbocycles. The molecule has 0 bridgehead atoms. The molecular formula is C32H41F2N2O2+. The van der Waals surface area contributed by atoms with Gasteiger partial charge >= 0.3 is 0 Å². The van der Waals surface area contributed by atoms with Crippen molar-refractivity contribution < 1.29 is 23.6 Å². The molecule has 2 aromatic rings. The Morgan fingerprint density at radius 1 is 1.03 bits per heavy atom. The Balaban J connectivity index is 1.36. The highest BCUT2D eigenvalue weighted by atomic mass is 19.3. The minimum absolute atomic E-state index is 0.0452. The number of hydrogen-bond acceptors (Lipinski definition) is 2. The van der Waals surface area contributed by atoms with Crippen molar-refractivity contribution >= 4 is 5.91 Å². The van der Waals surface area contributed by atoms with Crippen molar-refractivity contribution in [3.05, 3.63) is 65.2 Å². The van der Waals surface area contributed by atoms with Gasteiger partial charge in [0.25, 0.3) is 5.92 Å². The third-order valence-electron chi connectivity index (χ3n) is 10.3. The lowest BCUT2D eigenvalue weighted by Crippen LogP contribution is -2.83. The molecule has 1 saturated carbocycles. The molecule has 2 N–H and O–H groups in total. The van der Waals surface area contributed by atoms with E-state index in [1.807, 2.05) is 29.6 Å². The van der Waals surface area contributed by atoms with E-state index in [1.165, 1.54) is 24.8 Å². The number of fused-ring (bicyclic) bond motifs is 2. The summed E-state index contributed by atoms with van der Waals surface area (Å²) in [5.74, 6) is -2.18. The van der Waals surface area contributed by atoms with Gasteiger partial charge in [-0.2, -0.15) is 0 Å². The van der Waals surface area contributed by atoms with Crippen LogP contribution in [-0.2, 0) is 16.6 Å². The molecule has 1 amide bonds. The van der Waals surface area contributed by atoms with Crippen LogP contribution in [0.4, 0.5) is 8.78 Å². The maximum atomic E-state index is 16.2. The molecule has 2 aromatic carbocycles. The van der Waals surface area contributed by atoms with Crippen LogP contribution in [0, 0.1) is 11.8 Å². The van der Waals surface area contributed by atoms with Crippen LogP contribution in [0.1, 0.15) is 74.0 Å². The van der Waals surface area contributed by atoms with E-state index in [4.69, 9.17) is 4.74 Å². The number of carbonyl (C=O) groups is 1. The maximum Gasteiger partial charge on any atom is 0.264 e. The third kappa shape index (κ3) is 4.14. The van der Waals surface area contributed by atoms with Crippen LogP contribution in [0.5, 0.6) is 5.75 Å². The van der Waals surface area contributed by atoms with Gasteiger partial charge in [-0.3, -0.25) is 4.79 Å². The summed E-state index contributed by atoms with van der Waals surface area (Å²) in [6, 6.07) is 16.3. The Labute approximate surface area is 225 Å². The second kappa shape index (κ2) is 10.3. The average molecular weight is 524 g/mol. The molecule has 6 heteroatoms. The number of nitrogens with zero attached hydrogens (tertiary/aromatic N) is 1. The highest BCUT2D eigenvalue weighted by Gasteiger charge is 2.68. The largest absolute Gasteiger partial charge is 0.496 e. The molecule has 2 heterocycles. The number of hydrogen-bond donors (Lipinski definition) is 1. The molecule has 2 saturated heterocycles. The van der Waals surface area contributed by atoms with Gasteiger partial charge < -0.3 is 15.0 Å². The first-order valence-electron chi connectivity index (χ1n) is 14.7. The van der Waals surface area contributed by atoms with Crippen LogP contribution in [-0.4, -0.2) is 49.5 Å². The number of halogens is 2. The molecule has 0 aromatic heterocycles. The molecule has 0 radical (unpaired) electrons. The number of amides is 1. The summed E-state index contributed by atoms with van der Waals surface area (Å²) < 4.78 is 37.9. The molecule has 6 rings (SSSR count). The van der Waals surface area contributed by atoms with E-state index < -0.39 is 17.3 Å². The number of carbonyl (C=O) groups excluding carboxylic acids is 1. The normalized spacial score (nSPS) is 31.2. The maximum absolute atomic E-state index is 16.2. The minimum atomic E-state index is -2.94. The van der Waals surface area contributed by atoms with Crippen molar-refractivity contribution in [3.8, 4) is 5.75 Å². The van der Waals surface area contributed by atoms with E-state index in [9.17, 15) is 4.79 Å². The van der Waals surface area contributed by atoms with Gasteiger partial charge in [0.1, 0.15) is 17.1 Å². The van der Waals surface area contributed by atoms with Gasteiger partial charge in [-0.1, -0.05) is 61.7 Å². The SMILES string of the molecule is COc1cccc2c1CCC(F)(F)[C@]21C[NH2+]C[C@H]1C(=O)N1CC[C@@H](c2ccccc2)C[C@H]1C1CCCCC1.